The standard InChI is InChI=1S/C14H7BrINO3/c15-9-5-6-10(16)12(18)11(9)17-13(19)7-3-1-2-4-8(7)14(17)20/h1-6,18H. The first-order valence-electron chi connectivity index (χ1n) is 5.67. The van der Waals surface area contributed by atoms with Crippen LogP contribution in [-0.4, -0.2) is 16.9 Å². The Morgan fingerprint density at radius 2 is 1.55 bits per heavy atom. The van der Waals surface area contributed by atoms with E-state index in [2.05, 4.69) is 15.9 Å². The van der Waals surface area contributed by atoms with Crippen molar-refractivity contribution >= 4 is 56.0 Å². The number of nitrogens with zero attached hydrogens (tertiary/aromatic N) is 1. The fourth-order valence-corrected chi connectivity index (χ4v) is 3.07. The Bertz CT molecular complexity index is 725. The van der Waals surface area contributed by atoms with Crippen LogP contribution in [0.15, 0.2) is 40.9 Å². The van der Waals surface area contributed by atoms with Crippen molar-refractivity contribution in [3.05, 3.63) is 55.6 Å². The van der Waals surface area contributed by atoms with Crippen molar-refractivity contribution in [2.75, 3.05) is 4.90 Å². The molecule has 0 fully saturated rings. The zero-order valence-electron chi connectivity index (χ0n) is 9.93. The highest BCUT2D eigenvalue weighted by atomic mass is 127. The number of phenols is 1. The zero-order chi connectivity index (χ0) is 14.4. The summed E-state index contributed by atoms with van der Waals surface area (Å²) in [6, 6.07) is 10.0. The molecule has 1 heterocycles. The van der Waals surface area contributed by atoms with E-state index < -0.39 is 11.8 Å². The molecule has 0 saturated carbocycles. The van der Waals surface area contributed by atoms with Gasteiger partial charge >= 0.3 is 0 Å². The van der Waals surface area contributed by atoms with E-state index >= 15 is 0 Å². The summed E-state index contributed by atoms with van der Waals surface area (Å²) >= 11 is 5.23. The third kappa shape index (κ3) is 1.86. The summed E-state index contributed by atoms with van der Waals surface area (Å²) in [5.41, 5.74) is 0.883. The van der Waals surface area contributed by atoms with Crippen LogP contribution >= 0.6 is 38.5 Å². The maximum absolute atomic E-state index is 12.4. The molecule has 0 aromatic heterocycles. The summed E-state index contributed by atoms with van der Waals surface area (Å²) < 4.78 is 1.06. The number of anilines is 1. The second-order valence-electron chi connectivity index (χ2n) is 4.22. The number of fused-ring (bicyclic) bond motifs is 1. The number of aromatic hydroxyl groups is 1. The van der Waals surface area contributed by atoms with E-state index in [1.54, 1.807) is 36.4 Å². The van der Waals surface area contributed by atoms with E-state index in [-0.39, 0.29) is 11.4 Å². The quantitative estimate of drug-likeness (QED) is 0.541. The number of benzene rings is 2. The highest BCUT2D eigenvalue weighted by Crippen LogP contribution is 2.41. The maximum Gasteiger partial charge on any atom is 0.266 e. The van der Waals surface area contributed by atoms with Crippen LogP contribution in [0.2, 0.25) is 0 Å². The normalized spacial score (nSPS) is 13.8. The molecule has 0 saturated heterocycles. The van der Waals surface area contributed by atoms with Gasteiger partial charge in [-0.15, -0.1) is 0 Å². The summed E-state index contributed by atoms with van der Waals surface area (Å²) in [6.45, 7) is 0. The van der Waals surface area contributed by atoms with Crippen LogP contribution in [0.3, 0.4) is 0 Å². The molecule has 0 radical (unpaired) electrons. The van der Waals surface area contributed by atoms with Crippen molar-refractivity contribution in [2.45, 2.75) is 0 Å². The molecule has 1 aliphatic heterocycles. The molecule has 4 nitrogen and oxygen atoms in total. The van der Waals surface area contributed by atoms with E-state index in [0.717, 1.165) is 4.90 Å². The first-order chi connectivity index (χ1) is 9.52. The van der Waals surface area contributed by atoms with Gasteiger partial charge in [0.15, 0.2) is 5.75 Å². The molecule has 100 valence electrons. The minimum absolute atomic E-state index is 0.0884. The van der Waals surface area contributed by atoms with E-state index in [4.69, 9.17) is 0 Å². The van der Waals surface area contributed by atoms with Gasteiger partial charge in [0.25, 0.3) is 11.8 Å². The van der Waals surface area contributed by atoms with Gasteiger partial charge in [0, 0.05) is 4.47 Å². The largest absolute Gasteiger partial charge is 0.505 e. The number of rotatable bonds is 1. The van der Waals surface area contributed by atoms with Crippen molar-refractivity contribution in [1.82, 2.24) is 0 Å². The first-order valence-corrected chi connectivity index (χ1v) is 7.54. The Kier molecular flexibility index (Phi) is 3.29. The Hall–Kier alpha value is -1.41. The van der Waals surface area contributed by atoms with Gasteiger partial charge in [-0.2, -0.15) is 0 Å². The number of phenolic OH excluding ortho intramolecular Hbond substituents is 1. The third-order valence-corrected chi connectivity index (χ3v) is 4.58. The average Bonchev–Trinajstić information content (AvgIpc) is 2.69. The monoisotopic (exact) mass is 443 g/mol. The summed E-state index contributed by atoms with van der Waals surface area (Å²) in [5, 5.41) is 10.2. The third-order valence-electron chi connectivity index (χ3n) is 3.07. The highest BCUT2D eigenvalue weighted by molar-refractivity contribution is 14.1. The van der Waals surface area contributed by atoms with Crippen LogP contribution in [0.4, 0.5) is 5.69 Å². The van der Waals surface area contributed by atoms with Crippen LogP contribution in [0.1, 0.15) is 20.7 Å². The molecule has 3 rings (SSSR count). The number of halogens is 2. The van der Waals surface area contributed by atoms with Gasteiger partial charge in [0.05, 0.1) is 14.7 Å². The van der Waals surface area contributed by atoms with Crippen LogP contribution in [-0.2, 0) is 0 Å². The number of hydrogen-bond acceptors (Lipinski definition) is 3. The second-order valence-corrected chi connectivity index (χ2v) is 6.23. The lowest BCUT2D eigenvalue weighted by atomic mass is 10.1. The van der Waals surface area contributed by atoms with Crippen LogP contribution in [0.5, 0.6) is 5.75 Å². The molecule has 0 aliphatic carbocycles. The molecule has 2 amide bonds. The van der Waals surface area contributed by atoms with E-state index in [1.807, 2.05) is 22.6 Å². The summed E-state index contributed by atoms with van der Waals surface area (Å²) in [6.07, 6.45) is 0. The number of carbonyl (C=O) groups is 2. The van der Waals surface area contributed by atoms with Crippen molar-refractivity contribution in [3.63, 3.8) is 0 Å². The number of hydrogen-bond donors (Lipinski definition) is 1. The van der Waals surface area contributed by atoms with Gasteiger partial charge < -0.3 is 5.11 Å². The Morgan fingerprint density at radius 3 is 2.10 bits per heavy atom. The first kappa shape index (κ1) is 13.6. The molecule has 0 bridgehead atoms. The van der Waals surface area contributed by atoms with Crippen LogP contribution < -0.4 is 4.90 Å². The molecular formula is C14H7BrINO3. The van der Waals surface area contributed by atoms with E-state index in [1.165, 1.54) is 0 Å². The topological polar surface area (TPSA) is 57.6 Å². The highest BCUT2D eigenvalue weighted by Gasteiger charge is 2.38. The number of imide groups is 1. The minimum Gasteiger partial charge on any atom is -0.505 e. The predicted molar refractivity (Wildman–Crippen MR) is 86.1 cm³/mol. The molecule has 2 aromatic rings. The van der Waals surface area contributed by atoms with Crippen molar-refractivity contribution in [3.8, 4) is 5.75 Å². The molecule has 20 heavy (non-hydrogen) atoms. The Morgan fingerprint density at radius 1 is 1.00 bits per heavy atom. The predicted octanol–water partition coefficient (Wildman–Crippen LogP) is 3.56. The summed E-state index contributed by atoms with van der Waals surface area (Å²) in [5.74, 6) is -0.943. The lowest BCUT2D eigenvalue weighted by Crippen LogP contribution is -2.29. The second kappa shape index (κ2) is 4.85. The smallest absolute Gasteiger partial charge is 0.266 e. The van der Waals surface area contributed by atoms with Crippen LogP contribution in [0, 0.1) is 3.57 Å². The minimum atomic E-state index is -0.427. The molecule has 6 heteroatoms. The van der Waals surface area contributed by atoms with Gasteiger partial charge in [-0.3, -0.25) is 9.59 Å². The fraction of sp³-hybridized carbons (Fsp3) is 0. The summed E-state index contributed by atoms with van der Waals surface area (Å²) in [4.78, 5) is 25.8. The van der Waals surface area contributed by atoms with Gasteiger partial charge in [0.1, 0.15) is 5.69 Å². The van der Waals surface area contributed by atoms with Crippen molar-refractivity contribution in [1.29, 1.82) is 0 Å². The Labute approximate surface area is 136 Å². The van der Waals surface area contributed by atoms with Gasteiger partial charge in [-0.25, -0.2) is 4.90 Å². The van der Waals surface area contributed by atoms with Crippen molar-refractivity contribution < 1.29 is 14.7 Å². The molecule has 1 N–H and O–H groups in total. The van der Waals surface area contributed by atoms with Gasteiger partial charge in [-0.05, 0) is 62.8 Å². The zero-order valence-corrected chi connectivity index (χ0v) is 13.7. The molecule has 0 unspecified atom stereocenters. The fourth-order valence-electron chi connectivity index (χ4n) is 2.14. The molecule has 0 spiro atoms. The van der Waals surface area contributed by atoms with E-state index in [9.17, 15) is 14.7 Å². The van der Waals surface area contributed by atoms with Crippen molar-refractivity contribution in [2.24, 2.45) is 0 Å². The Balaban J connectivity index is 2.22. The maximum atomic E-state index is 12.4. The van der Waals surface area contributed by atoms with Crippen LogP contribution in [0.25, 0.3) is 0 Å². The SMILES string of the molecule is O=C1c2ccccc2C(=O)N1c1c(Br)ccc(I)c1O. The van der Waals surface area contributed by atoms with Gasteiger partial charge in [-0.1, -0.05) is 12.1 Å². The molecule has 2 aromatic carbocycles. The lowest BCUT2D eigenvalue weighted by molar-refractivity contribution is 0.0925. The summed E-state index contributed by atoms with van der Waals surface area (Å²) in [7, 11) is 0. The molecule has 0 atom stereocenters. The van der Waals surface area contributed by atoms with E-state index in [0.29, 0.717) is 19.2 Å². The number of amides is 2. The van der Waals surface area contributed by atoms with Gasteiger partial charge in [0.2, 0.25) is 0 Å². The lowest BCUT2D eigenvalue weighted by Gasteiger charge is -2.17. The molecular weight excluding hydrogens is 437 g/mol. The number of carbonyl (C=O) groups excluding carboxylic acids is 2. The molecule has 1 aliphatic rings. The average molecular weight is 444 g/mol.